The van der Waals surface area contributed by atoms with Gasteiger partial charge in [0.05, 0.1) is 12.7 Å². The number of ether oxygens (including phenoxy) is 1. The molecule has 1 N–H and O–H groups in total. The minimum Gasteiger partial charge on any atom is -0.374 e. The molecule has 104 valence electrons. The zero-order chi connectivity index (χ0) is 13.1. The first-order valence-electron chi connectivity index (χ1n) is 7.41. The number of nitrogens with zero attached hydrogens (tertiary/aromatic N) is 1. The van der Waals surface area contributed by atoms with Crippen molar-refractivity contribution in [3.63, 3.8) is 0 Å². The Morgan fingerprint density at radius 1 is 1.32 bits per heavy atom. The van der Waals surface area contributed by atoms with Gasteiger partial charge >= 0.3 is 0 Å². The average molecular weight is 260 g/mol. The van der Waals surface area contributed by atoms with Crippen LogP contribution in [0, 0.1) is 0 Å². The minimum atomic E-state index is 0.357. The van der Waals surface area contributed by atoms with Crippen LogP contribution in [0.1, 0.15) is 17.5 Å². The van der Waals surface area contributed by atoms with Crippen LogP contribution in [0.15, 0.2) is 24.3 Å². The Labute approximate surface area is 115 Å². The summed E-state index contributed by atoms with van der Waals surface area (Å²) in [5.74, 6) is 0. The zero-order valence-corrected chi connectivity index (χ0v) is 11.8. The molecule has 0 saturated carbocycles. The molecule has 1 saturated heterocycles. The van der Waals surface area contributed by atoms with Gasteiger partial charge in [-0.15, -0.1) is 0 Å². The van der Waals surface area contributed by atoms with Gasteiger partial charge in [0, 0.05) is 25.7 Å². The van der Waals surface area contributed by atoms with Crippen molar-refractivity contribution in [3.8, 4) is 0 Å². The van der Waals surface area contributed by atoms with E-state index in [2.05, 4.69) is 41.5 Å². The molecule has 0 bridgehead atoms. The molecular weight excluding hydrogens is 236 g/mol. The maximum atomic E-state index is 5.80. The summed E-state index contributed by atoms with van der Waals surface area (Å²) in [6, 6.07) is 9.46. The molecule has 1 aromatic rings. The predicted octanol–water partition coefficient (Wildman–Crippen LogP) is 1.46. The van der Waals surface area contributed by atoms with Crippen LogP contribution in [0.5, 0.6) is 0 Å². The zero-order valence-electron chi connectivity index (χ0n) is 11.8. The van der Waals surface area contributed by atoms with E-state index in [0.29, 0.717) is 12.1 Å². The van der Waals surface area contributed by atoms with Crippen molar-refractivity contribution in [1.29, 1.82) is 0 Å². The topological polar surface area (TPSA) is 24.5 Å². The lowest BCUT2D eigenvalue weighted by atomic mass is 9.88. The summed E-state index contributed by atoms with van der Waals surface area (Å²) >= 11 is 0. The van der Waals surface area contributed by atoms with Crippen molar-refractivity contribution in [2.75, 3.05) is 33.3 Å². The van der Waals surface area contributed by atoms with Crippen LogP contribution >= 0.6 is 0 Å². The number of nitrogens with one attached hydrogen (secondary N) is 1. The highest BCUT2D eigenvalue weighted by atomic mass is 16.5. The van der Waals surface area contributed by atoms with E-state index < -0.39 is 0 Å². The molecular formula is C16H24N2O. The van der Waals surface area contributed by atoms with Crippen molar-refractivity contribution in [3.05, 3.63) is 35.4 Å². The van der Waals surface area contributed by atoms with Gasteiger partial charge in [-0.05, 0) is 37.4 Å². The van der Waals surface area contributed by atoms with Crippen molar-refractivity contribution < 1.29 is 4.74 Å². The van der Waals surface area contributed by atoms with Gasteiger partial charge in [0.25, 0.3) is 0 Å². The Balaban J connectivity index is 1.49. The first kappa shape index (κ1) is 13.1. The van der Waals surface area contributed by atoms with Gasteiger partial charge in [-0.3, -0.25) is 0 Å². The van der Waals surface area contributed by atoms with E-state index in [-0.39, 0.29) is 0 Å². The lowest BCUT2D eigenvalue weighted by molar-refractivity contribution is -0.0194. The number of benzene rings is 1. The summed E-state index contributed by atoms with van der Waals surface area (Å²) in [6.07, 6.45) is 3.98. The quantitative estimate of drug-likeness (QED) is 0.890. The van der Waals surface area contributed by atoms with E-state index in [1.54, 1.807) is 0 Å². The summed E-state index contributed by atoms with van der Waals surface area (Å²) in [4.78, 5) is 2.35. The largest absolute Gasteiger partial charge is 0.374 e. The molecule has 3 rings (SSSR count). The van der Waals surface area contributed by atoms with Crippen LogP contribution in [0.3, 0.4) is 0 Å². The van der Waals surface area contributed by atoms with Crippen LogP contribution in [-0.2, 0) is 17.6 Å². The number of hydrogen-bond acceptors (Lipinski definition) is 3. The summed E-state index contributed by atoms with van der Waals surface area (Å²) in [6.45, 7) is 3.97. The number of morpholine rings is 1. The van der Waals surface area contributed by atoms with E-state index in [1.165, 1.54) is 30.4 Å². The first-order chi connectivity index (χ1) is 9.31. The average Bonchev–Trinajstić information content (AvgIpc) is 2.45. The molecule has 1 aliphatic carbocycles. The Kier molecular flexibility index (Phi) is 4.16. The van der Waals surface area contributed by atoms with Crippen molar-refractivity contribution in [2.24, 2.45) is 0 Å². The molecule has 3 nitrogen and oxygen atoms in total. The van der Waals surface area contributed by atoms with Crippen LogP contribution < -0.4 is 5.32 Å². The molecule has 1 aliphatic heterocycles. The molecule has 0 amide bonds. The van der Waals surface area contributed by atoms with Crippen molar-refractivity contribution in [1.82, 2.24) is 10.2 Å². The normalized spacial score (nSPS) is 28.1. The van der Waals surface area contributed by atoms with Gasteiger partial charge in [0.15, 0.2) is 0 Å². The molecule has 1 fully saturated rings. The Morgan fingerprint density at radius 3 is 3.00 bits per heavy atom. The van der Waals surface area contributed by atoms with E-state index in [0.717, 1.165) is 26.2 Å². The highest BCUT2D eigenvalue weighted by molar-refractivity contribution is 5.30. The molecule has 2 aliphatic rings. The van der Waals surface area contributed by atoms with Crippen molar-refractivity contribution in [2.45, 2.75) is 31.4 Å². The highest BCUT2D eigenvalue weighted by Crippen LogP contribution is 2.21. The maximum absolute atomic E-state index is 5.80. The van der Waals surface area contributed by atoms with Gasteiger partial charge in [-0.25, -0.2) is 0 Å². The number of fused-ring (bicyclic) bond motifs is 1. The SMILES string of the molecule is CN1CCOC(CNC2CCc3ccccc3C2)C1. The fourth-order valence-corrected chi connectivity index (χ4v) is 3.16. The standard InChI is InChI=1S/C16H24N2O/c1-18-8-9-19-16(12-18)11-17-15-7-6-13-4-2-3-5-14(13)10-15/h2-5,15-17H,6-12H2,1H3. The molecule has 1 heterocycles. The third kappa shape index (κ3) is 3.35. The maximum Gasteiger partial charge on any atom is 0.0826 e. The minimum absolute atomic E-state index is 0.357. The first-order valence-corrected chi connectivity index (χ1v) is 7.41. The summed E-state index contributed by atoms with van der Waals surface area (Å²) in [5, 5.41) is 3.70. The second-order valence-corrected chi connectivity index (χ2v) is 5.87. The smallest absolute Gasteiger partial charge is 0.0826 e. The van der Waals surface area contributed by atoms with Crippen LogP contribution in [0.25, 0.3) is 0 Å². The van der Waals surface area contributed by atoms with Gasteiger partial charge in [0.1, 0.15) is 0 Å². The van der Waals surface area contributed by atoms with E-state index in [1.807, 2.05) is 0 Å². The highest BCUT2D eigenvalue weighted by Gasteiger charge is 2.21. The summed E-state index contributed by atoms with van der Waals surface area (Å²) in [7, 11) is 2.17. The molecule has 2 atom stereocenters. The van der Waals surface area contributed by atoms with Crippen LogP contribution in [-0.4, -0.2) is 50.3 Å². The van der Waals surface area contributed by atoms with E-state index in [9.17, 15) is 0 Å². The number of rotatable bonds is 3. The summed E-state index contributed by atoms with van der Waals surface area (Å²) < 4.78 is 5.80. The Hall–Kier alpha value is -0.900. The lowest BCUT2D eigenvalue weighted by Crippen LogP contribution is -2.47. The second kappa shape index (κ2) is 6.04. The molecule has 0 aromatic heterocycles. The van der Waals surface area contributed by atoms with Gasteiger partial charge in [-0.2, -0.15) is 0 Å². The van der Waals surface area contributed by atoms with Crippen molar-refractivity contribution >= 4 is 0 Å². The molecule has 2 unspecified atom stereocenters. The van der Waals surface area contributed by atoms with Crippen LogP contribution in [0.4, 0.5) is 0 Å². The fourth-order valence-electron chi connectivity index (χ4n) is 3.16. The lowest BCUT2D eigenvalue weighted by Gasteiger charge is -2.32. The molecule has 19 heavy (non-hydrogen) atoms. The third-order valence-corrected chi connectivity index (χ3v) is 4.32. The second-order valence-electron chi connectivity index (χ2n) is 5.87. The van der Waals surface area contributed by atoms with E-state index in [4.69, 9.17) is 4.74 Å². The molecule has 1 aromatic carbocycles. The van der Waals surface area contributed by atoms with Gasteiger partial charge < -0.3 is 15.0 Å². The number of hydrogen-bond donors (Lipinski definition) is 1. The molecule has 0 spiro atoms. The Morgan fingerprint density at radius 2 is 2.16 bits per heavy atom. The van der Waals surface area contributed by atoms with Crippen LogP contribution in [0.2, 0.25) is 0 Å². The Bertz CT molecular complexity index is 421. The third-order valence-electron chi connectivity index (χ3n) is 4.32. The van der Waals surface area contributed by atoms with Gasteiger partial charge in [0.2, 0.25) is 0 Å². The number of likely N-dealkylation sites (N-methyl/N-ethyl adjacent to an activating group) is 1. The molecule has 0 radical (unpaired) electrons. The monoisotopic (exact) mass is 260 g/mol. The fraction of sp³-hybridized carbons (Fsp3) is 0.625. The van der Waals surface area contributed by atoms with E-state index >= 15 is 0 Å². The number of aryl methyl sites for hydroxylation is 1. The van der Waals surface area contributed by atoms with Gasteiger partial charge in [-0.1, -0.05) is 24.3 Å². The predicted molar refractivity (Wildman–Crippen MR) is 77.5 cm³/mol. The summed E-state index contributed by atoms with van der Waals surface area (Å²) in [5.41, 5.74) is 3.06. The molecule has 3 heteroatoms.